The first-order chi connectivity index (χ1) is 14.3. The first kappa shape index (κ1) is 18.0. The van der Waals surface area contributed by atoms with Crippen molar-refractivity contribution in [3.8, 4) is 23.2 Å². The lowest BCUT2D eigenvalue weighted by molar-refractivity contribution is 0.221. The van der Waals surface area contributed by atoms with Crippen molar-refractivity contribution in [2.45, 2.75) is 25.8 Å². The Labute approximate surface area is 169 Å². The van der Waals surface area contributed by atoms with Crippen LogP contribution >= 0.6 is 0 Å². The molecule has 0 saturated carbocycles. The van der Waals surface area contributed by atoms with Crippen LogP contribution in [-0.2, 0) is 6.54 Å². The third-order valence-electron chi connectivity index (χ3n) is 5.67. The Hall–Kier alpha value is -3.07. The van der Waals surface area contributed by atoms with Crippen molar-refractivity contribution in [1.29, 1.82) is 0 Å². The van der Waals surface area contributed by atoms with Crippen LogP contribution in [0.1, 0.15) is 30.4 Å². The normalized spacial score (nSPS) is 14.9. The predicted octanol–water partition coefficient (Wildman–Crippen LogP) is 4.04. The Morgan fingerprint density at radius 3 is 2.76 bits per heavy atom. The lowest BCUT2D eigenvalue weighted by atomic mass is 10.1. The third kappa shape index (κ3) is 3.65. The van der Waals surface area contributed by atoms with Crippen LogP contribution in [0.4, 0.5) is 0 Å². The molecule has 5 nitrogen and oxygen atoms in total. The number of likely N-dealkylation sites (tertiary alicyclic amines) is 1. The van der Waals surface area contributed by atoms with Gasteiger partial charge in [-0.05, 0) is 67.9 Å². The lowest BCUT2D eigenvalue weighted by Crippen LogP contribution is -2.28. The molecule has 5 rings (SSSR count). The number of rotatable bonds is 3. The van der Waals surface area contributed by atoms with E-state index in [-0.39, 0.29) is 6.61 Å². The summed E-state index contributed by atoms with van der Waals surface area (Å²) in [5, 5.41) is 18.8. The molecule has 0 atom stereocenters. The average Bonchev–Trinajstić information content (AvgIpc) is 3.36. The second kappa shape index (κ2) is 7.75. The number of aromatic amines is 2. The maximum absolute atomic E-state index is 8.87. The van der Waals surface area contributed by atoms with Crippen LogP contribution in [0.15, 0.2) is 42.5 Å². The standard InChI is InChI=1S/C24H24N4O/c29-12-4-5-17-6-8-20-22(14-17)26-27-24(20)23-15-19-13-18(7-9-21(19)25-23)16-28-10-2-1-3-11-28/h6-9,13-15,25,29H,1-3,10-12,16H2,(H,26,27). The molecule has 2 aromatic heterocycles. The summed E-state index contributed by atoms with van der Waals surface area (Å²) in [6, 6.07) is 14.8. The van der Waals surface area contributed by atoms with Gasteiger partial charge in [0, 0.05) is 28.4 Å². The Morgan fingerprint density at radius 2 is 1.90 bits per heavy atom. The molecular formula is C24H24N4O. The van der Waals surface area contributed by atoms with Gasteiger partial charge in [-0.3, -0.25) is 10.00 Å². The van der Waals surface area contributed by atoms with E-state index in [1.807, 2.05) is 18.2 Å². The van der Waals surface area contributed by atoms with Crippen LogP contribution in [0.2, 0.25) is 0 Å². The van der Waals surface area contributed by atoms with Gasteiger partial charge in [0.2, 0.25) is 0 Å². The summed E-state index contributed by atoms with van der Waals surface area (Å²) in [5.74, 6) is 5.62. The minimum absolute atomic E-state index is 0.138. The summed E-state index contributed by atoms with van der Waals surface area (Å²) < 4.78 is 0. The van der Waals surface area contributed by atoms with Gasteiger partial charge in [-0.15, -0.1) is 0 Å². The molecule has 2 aromatic carbocycles. The highest BCUT2D eigenvalue weighted by atomic mass is 16.2. The van der Waals surface area contributed by atoms with Gasteiger partial charge in [-0.1, -0.05) is 24.3 Å². The number of piperidine rings is 1. The van der Waals surface area contributed by atoms with Crippen LogP contribution in [0, 0.1) is 11.8 Å². The predicted molar refractivity (Wildman–Crippen MR) is 116 cm³/mol. The summed E-state index contributed by atoms with van der Waals surface area (Å²) in [6.45, 7) is 3.31. The van der Waals surface area contributed by atoms with Crippen LogP contribution in [-0.4, -0.2) is 44.9 Å². The lowest BCUT2D eigenvalue weighted by Gasteiger charge is -2.26. The number of aliphatic hydroxyl groups is 1. The summed E-state index contributed by atoms with van der Waals surface area (Å²) in [4.78, 5) is 6.07. The fourth-order valence-electron chi connectivity index (χ4n) is 4.23. The summed E-state index contributed by atoms with van der Waals surface area (Å²) in [7, 11) is 0. The highest BCUT2D eigenvalue weighted by Crippen LogP contribution is 2.29. The number of hydrogen-bond donors (Lipinski definition) is 3. The van der Waals surface area contributed by atoms with Gasteiger partial charge in [0.25, 0.3) is 0 Å². The summed E-state index contributed by atoms with van der Waals surface area (Å²) >= 11 is 0. The molecule has 1 fully saturated rings. The average molecular weight is 384 g/mol. The topological polar surface area (TPSA) is 67.9 Å². The molecule has 0 unspecified atom stereocenters. The van der Waals surface area contributed by atoms with Gasteiger partial charge in [0.1, 0.15) is 12.3 Å². The van der Waals surface area contributed by atoms with Crippen molar-refractivity contribution >= 4 is 21.8 Å². The van der Waals surface area contributed by atoms with Crippen LogP contribution in [0.25, 0.3) is 33.2 Å². The van der Waals surface area contributed by atoms with Gasteiger partial charge in [0.05, 0.1) is 11.2 Å². The number of aromatic nitrogens is 3. The number of nitrogens with one attached hydrogen (secondary N) is 2. The van der Waals surface area contributed by atoms with E-state index in [0.717, 1.165) is 39.9 Å². The second-order valence-corrected chi connectivity index (χ2v) is 7.73. The van der Waals surface area contributed by atoms with E-state index in [1.165, 1.54) is 43.3 Å². The van der Waals surface area contributed by atoms with Crippen LogP contribution in [0.3, 0.4) is 0 Å². The number of nitrogens with zero attached hydrogens (tertiary/aromatic N) is 2. The van der Waals surface area contributed by atoms with E-state index in [2.05, 4.69) is 56.2 Å². The van der Waals surface area contributed by atoms with E-state index in [0.29, 0.717) is 0 Å². The molecular weight excluding hydrogens is 360 g/mol. The molecule has 0 bridgehead atoms. The van der Waals surface area contributed by atoms with Gasteiger partial charge >= 0.3 is 0 Å². The van der Waals surface area contributed by atoms with Crippen LogP contribution < -0.4 is 0 Å². The van der Waals surface area contributed by atoms with E-state index in [9.17, 15) is 0 Å². The van der Waals surface area contributed by atoms with Gasteiger partial charge in [-0.2, -0.15) is 5.10 Å². The molecule has 3 heterocycles. The van der Waals surface area contributed by atoms with E-state index in [4.69, 9.17) is 5.11 Å². The van der Waals surface area contributed by atoms with Crippen molar-refractivity contribution < 1.29 is 5.11 Å². The smallest absolute Gasteiger partial charge is 0.116 e. The third-order valence-corrected chi connectivity index (χ3v) is 5.67. The quantitative estimate of drug-likeness (QED) is 0.467. The number of hydrogen-bond acceptors (Lipinski definition) is 3. The monoisotopic (exact) mass is 384 g/mol. The minimum Gasteiger partial charge on any atom is -0.384 e. The highest BCUT2D eigenvalue weighted by molar-refractivity contribution is 5.96. The number of benzene rings is 2. The SMILES string of the molecule is OCC#Cc1ccc2c(-c3cc4cc(CN5CCCCC5)ccc4[nH]3)n[nH]c2c1. The summed E-state index contributed by atoms with van der Waals surface area (Å²) in [6.07, 6.45) is 4.00. The Morgan fingerprint density at radius 1 is 1.00 bits per heavy atom. The molecule has 29 heavy (non-hydrogen) atoms. The molecule has 5 heteroatoms. The zero-order valence-electron chi connectivity index (χ0n) is 16.3. The Bertz CT molecular complexity index is 1220. The molecule has 1 aliphatic heterocycles. The second-order valence-electron chi connectivity index (χ2n) is 7.73. The van der Waals surface area contributed by atoms with Gasteiger partial charge in [0.15, 0.2) is 0 Å². The molecule has 0 spiro atoms. The number of aliphatic hydroxyl groups excluding tert-OH is 1. The van der Waals surface area contributed by atoms with E-state index >= 15 is 0 Å². The van der Waals surface area contributed by atoms with Crippen molar-refractivity contribution in [2.24, 2.45) is 0 Å². The van der Waals surface area contributed by atoms with Crippen molar-refractivity contribution in [3.63, 3.8) is 0 Å². The van der Waals surface area contributed by atoms with Crippen molar-refractivity contribution in [2.75, 3.05) is 19.7 Å². The molecule has 0 aliphatic carbocycles. The Balaban J connectivity index is 1.45. The largest absolute Gasteiger partial charge is 0.384 e. The summed E-state index contributed by atoms with van der Waals surface area (Å²) in [5.41, 5.74) is 6.22. The Kier molecular flexibility index (Phi) is 4.81. The molecule has 1 saturated heterocycles. The molecule has 4 aromatic rings. The number of H-pyrrole nitrogens is 2. The zero-order valence-corrected chi connectivity index (χ0v) is 16.3. The fourth-order valence-corrected chi connectivity index (χ4v) is 4.23. The maximum atomic E-state index is 8.87. The van der Waals surface area contributed by atoms with Crippen molar-refractivity contribution in [3.05, 3.63) is 53.6 Å². The zero-order chi connectivity index (χ0) is 19.6. The van der Waals surface area contributed by atoms with E-state index < -0.39 is 0 Å². The molecule has 0 radical (unpaired) electrons. The molecule has 1 aliphatic rings. The molecule has 146 valence electrons. The first-order valence-corrected chi connectivity index (χ1v) is 10.2. The molecule has 3 N–H and O–H groups in total. The fraction of sp³-hybridized carbons (Fsp3) is 0.292. The highest BCUT2D eigenvalue weighted by Gasteiger charge is 2.13. The van der Waals surface area contributed by atoms with Crippen molar-refractivity contribution in [1.82, 2.24) is 20.1 Å². The van der Waals surface area contributed by atoms with Crippen LogP contribution in [0.5, 0.6) is 0 Å². The van der Waals surface area contributed by atoms with E-state index in [1.54, 1.807) is 0 Å². The minimum atomic E-state index is -0.138. The first-order valence-electron chi connectivity index (χ1n) is 10.2. The van der Waals surface area contributed by atoms with Gasteiger partial charge < -0.3 is 10.1 Å². The molecule has 0 amide bonds. The van der Waals surface area contributed by atoms with Gasteiger partial charge in [-0.25, -0.2) is 0 Å². The number of fused-ring (bicyclic) bond motifs is 2. The maximum Gasteiger partial charge on any atom is 0.116 e.